The van der Waals surface area contributed by atoms with Gasteiger partial charge in [-0.15, -0.1) is 0 Å². The lowest BCUT2D eigenvalue weighted by Crippen LogP contribution is -2.44. The molecule has 2 heterocycles. The summed E-state index contributed by atoms with van der Waals surface area (Å²) in [5, 5.41) is 14.6. The molecule has 0 aliphatic carbocycles. The summed E-state index contributed by atoms with van der Waals surface area (Å²) >= 11 is 5.70. The highest BCUT2D eigenvalue weighted by atomic mass is 35.5. The van der Waals surface area contributed by atoms with Crippen molar-refractivity contribution in [2.75, 3.05) is 31.1 Å². The van der Waals surface area contributed by atoms with Crippen LogP contribution in [0.4, 0.5) is 5.82 Å². The van der Waals surface area contributed by atoms with Crippen LogP contribution in [0.2, 0.25) is 5.15 Å². The fourth-order valence-electron chi connectivity index (χ4n) is 1.47. The average molecular weight is 215 g/mol. The Hall–Kier alpha value is -1.07. The van der Waals surface area contributed by atoms with Crippen molar-refractivity contribution in [2.45, 2.75) is 0 Å². The minimum atomic E-state index is 0.232. The summed E-state index contributed by atoms with van der Waals surface area (Å²) < 4.78 is 0.687. The van der Waals surface area contributed by atoms with Crippen molar-refractivity contribution in [1.82, 2.24) is 10.3 Å². The van der Waals surface area contributed by atoms with E-state index in [1.165, 1.54) is 12.4 Å². The van der Waals surface area contributed by atoms with Crippen molar-refractivity contribution in [3.05, 3.63) is 22.8 Å². The molecule has 5 nitrogen and oxygen atoms in total. The quantitative estimate of drug-likeness (QED) is 0.519. The number of aromatic nitrogens is 2. The Morgan fingerprint density at radius 3 is 2.79 bits per heavy atom. The van der Waals surface area contributed by atoms with Crippen LogP contribution >= 0.6 is 11.6 Å². The molecule has 2 rings (SSSR count). The van der Waals surface area contributed by atoms with Gasteiger partial charge >= 0.3 is 0 Å². The van der Waals surface area contributed by atoms with Crippen LogP contribution in [0.5, 0.6) is 0 Å². The third-order valence-electron chi connectivity index (χ3n) is 2.14. The Morgan fingerprint density at radius 1 is 1.43 bits per heavy atom. The average Bonchev–Trinajstić information content (AvgIpc) is 2.18. The van der Waals surface area contributed by atoms with Crippen LogP contribution in [0.1, 0.15) is 0 Å². The maximum Gasteiger partial charge on any atom is 0.223 e. The number of nitrogens with zero attached hydrogens (tertiary/aromatic N) is 3. The van der Waals surface area contributed by atoms with Crippen LogP contribution in [-0.4, -0.2) is 31.2 Å². The van der Waals surface area contributed by atoms with Gasteiger partial charge in [0.1, 0.15) is 0 Å². The third-order valence-corrected chi connectivity index (χ3v) is 2.32. The molecule has 0 unspecified atom stereocenters. The number of hydrogen-bond donors (Lipinski definition) is 1. The van der Waals surface area contributed by atoms with E-state index in [1.807, 2.05) is 4.90 Å². The second kappa shape index (κ2) is 3.98. The maximum atomic E-state index is 11.1. The molecule has 1 N–H and O–H groups in total. The van der Waals surface area contributed by atoms with Gasteiger partial charge in [0, 0.05) is 26.2 Å². The van der Waals surface area contributed by atoms with E-state index in [9.17, 15) is 5.21 Å². The summed E-state index contributed by atoms with van der Waals surface area (Å²) in [7, 11) is 0. The zero-order chi connectivity index (χ0) is 9.97. The molecule has 76 valence electrons. The van der Waals surface area contributed by atoms with E-state index >= 15 is 0 Å². The van der Waals surface area contributed by atoms with Crippen LogP contribution in [0.25, 0.3) is 0 Å². The Labute approximate surface area is 86.9 Å². The van der Waals surface area contributed by atoms with Crippen molar-refractivity contribution >= 4 is 17.4 Å². The van der Waals surface area contributed by atoms with E-state index in [4.69, 9.17) is 11.6 Å². The molecule has 0 bridgehead atoms. The van der Waals surface area contributed by atoms with Crippen molar-refractivity contribution < 1.29 is 4.73 Å². The summed E-state index contributed by atoms with van der Waals surface area (Å²) in [5.74, 6) is 0.647. The summed E-state index contributed by atoms with van der Waals surface area (Å²) in [5.41, 5.74) is 0. The normalized spacial score (nSPS) is 17.1. The molecular weight excluding hydrogens is 204 g/mol. The number of hydrogen-bond acceptors (Lipinski definition) is 4. The molecule has 0 amide bonds. The summed E-state index contributed by atoms with van der Waals surface area (Å²) in [4.78, 5) is 6.14. The molecule has 14 heavy (non-hydrogen) atoms. The number of nitrogens with one attached hydrogen (secondary N) is 1. The van der Waals surface area contributed by atoms with Gasteiger partial charge < -0.3 is 15.4 Å². The van der Waals surface area contributed by atoms with Crippen molar-refractivity contribution in [2.24, 2.45) is 0 Å². The van der Waals surface area contributed by atoms with E-state index in [-0.39, 0.29) is 5.15 Å². The molecule has 1 aromatic heterocycles. The largest absolute Gasteiger partial charge is 0.619 e. The summed E-state index contributed by atoms with van der Waals surface area (Å²) in [6.07, 6.45) is 2.68. The highest BCUT2D eigenvalue weighted by Crippen LogP contribution is 2.11. The van der Waals surface area contributed by atoms with Crippen LogP contribution in [-0.2, 0) is 0 Å². The van der Waals surface area contributed by atoms with E-state index in [2.05, 4.69) is 10.3 Å². The highest BCUT2D eigenvalue weighted by molar-refractivity contribution is 6.29. The summed E-state index contributed by atoms with van der Waals surface area (Å²) in [6, 6.07) is 0. The van der Waals surface area contributed by atoms with E-state index in [0.29, 0.717) is 10.5 Å². The molecule has 0 spiro atoms. The minimum Gasteiger partial charge on any atom is -0.619 e. The fraction of sp³-hybridized carbons (Fsp3) is 0.500. The standard InChI is InChI=1S/C8H11ClN4O/c9-7-5-13(14)6-8(11-7)12-3-1-10-2-4-12/h5-6,10H,1-4H2. The zero-order valence-corrected chi connectivity index (χ0v) is 8.37. The van der Waals surface area contributed by atoms with Gasteiger partial charge in [-0.2, -0.15) is 4.73 Å². The smallest absolute Gasteiger partial charge is 0.223 e. The highest BCUT2D eigenvalue weighted by Gasteiger charge is 2.14. The monoisotopic (exact) mass is 214 g/mol. The van der Waals surface area contributed by atoms with Gasteiger partial charge in [-0.1, -0.05) is 11.6 Å². The molecule has 1 saturated heterocycles. The zero-order valence-electron chi connectivity index (χ0n) is 7.61. The lowest BCUT2D eigenvalue weighted by Gasteiger charge is -2.27. The Kier molecular flexibility index (Phi) is 2.69. The van der Waals surface area contributed by atoms with Gasteiger partial charge in [0.05, 0.1) is 0 Å². The van der Waals surface area contributed by atoms with Gasteiger partial charge in [-0.3, -0.25) is 0 Å². The molecule has 0 atom stereocenters. The van der Waals surface area contributed by atoms with Crippen LogP contribution < -0.4 is 14.9 Å². The van der Waals surface area contributed by atoms with E-state index in [1.54, 1.807) is 0 Å². The van der Waals surface area contributed by atoms with E-state index < -0.39 is 0 Å². The first kappa shape index (κ1) is 9.48. The molecule has 0 saturated carbocycles. The van der Waals surface area contributed by atoms with Crippen molar-refractivity contribution in [1.29, 1.82) is 0 Å². The summed E-state index contributed by atoms with van der Waals surface area (Å²) in [6.45, 7) is 3.53. The second-order valence-corrected chi connectivity index (χ2v) is 3.54. The van der Waals surface area contributed by atoms with Crippen LogP contribution in [0.15, 0.2) is 12.4 Å². The van der Waals surface area contributed by atoms with Gasteiger partial charge in [-0.05, 0) is 0 Å². The molecule has 1 aliphatic rings. The predicted octanol–water partition coefficient (Wildman–Crippen LogP) is -0.222. The topological polar surface area (TPSA) is 55.1 Å². The first-order chi connectivity index (χ1) is 6.75. The van der Waals surface area contributed by atoms with Crippen LogP contribution in [0.3, 0.4) is 0 Å². The van der Waals surface area contributed by atoms with Crippen molar-refractivity contribution in [3.8, 4) is 0 Å². The number of rotatable bonds is 1. The molecule has 0 radical (unpaired) electrons. The minimum absolute atomic E-state index is 0.232. The third kappa shape index (κ3) is 2.05. The molecule has 1 aliphatic heterocycles. The van der Waals surface area contributed by atoms with Crippen molar-refractivity contribution in [3.63, 3.8) is 0 Å². The second-order valence-electron chi connectivity index (χ2n) is 3.15. The first-order valence-electron chi connectivity index (χ1n) is 4.48. The van der Waals surface area contributed by atoms with E-state index in [0.717, 1.165) is 26.2 Å². The molecule has 1 fully saturated rings. The SMILES string of the molecule is [O-][n+]1cc(Cl)nc(N2CCNCC2)c1. The lowest BCUT2D eigenvalue weighted by molar-refractivity contribution is -0.605. The van der Waals surface area contributed by atoms with Gasteiger partial charge in [-0.25, -0.2) is 4.98 Å². The number of anilines is 1. The lowest BCUT2D eigenvalue weighted by atomic mass is 10.4. The predicted molar refractivity (Wildman–Crippen MR) is 53.3 cm³/mol. The molecule has 6 heteroatoms. The Balaban J connectivity index is 2.21. The Morgan fingerprint density at radius 2 is 2.14 bits per heavy atom. The molecular formula is C8H11ClN4O. The van der Waals surface area contributed by atoms with Crippen LogP contribution in [0, 0.1) is 5.21 Å². The maximum absolute atomic E-state index is 11.1. The molecule has 1 aromatic rings. The number of halogens is 1. The van der Waals surface area contributed by atoms with Gasteiger partial charge in [0.25, 0.3) is 0 Å². The molecule has 0 aromatic carbocycles. The fourth-order valence-corrected chi connectivity index (χ4v) is 1.65. The Bertz CT molecular complexity index is 307. The first-order valence-corrected chi connectivity index (χ1v) is 4.85. The van der Waals surface area contributed by atoms with Gasteiger partial charge in [0.15, 0.2) is 11.0 Å². The number of piperazine rings is 1. The van der Waals surface area contributed by atoms with Gasteiger partial charge in [0.2, 0.25) is 12.4 Å².